The number of nitrogens with zero attached hydrogens (tertiary/aromatic N) is 1. The second kappa shape index (κ2) is 8.38. The van der Waals surface area contributed by atoms with Gasteiger partial charge < -0.3 is 5.73 Å². The Hall–Kier alpha value is -0.930. The number of unbranched alkanes of at least 4 members (excludes halogenated alkanes) is 6. The van der Waals surface area contributed by atoms with Crippen LogP contribution in [0.25, 0.3) is 10.2 Å². The third-order valence-corrected chi connectivity index (χ3v) is 4.72. The molecule has 1 unspecified atom stereocenters. The van der Waals surface area contributed by atoms with Crippen LogP contribution in [0, 0.1) is 0 Å². The summed E-state index contributed by atoms with van der Waals surface area (Å²) in [5.74, 6) is 0. The number of nitrogens with two attached hydrogens (primary N) is 1. The Morgan fingerprint density at radius 1 is 1.15 bits per heavy atom. The molecule has 3 heteroatoms. The van der Waals surface area contributed by atoms with Crippen molar-refractivity contribution in [3.8, 4) is 0 Å². The largest absolute Gasteiger partial charge is 0.324 e. The second-order valence-electron chi connectivity index (χ2n) is 5.59. The van der Waals surface area contributed by atoms with Gasteiger partial charge in [0, 0.05) is 12.2 Å². The van der Waals surface area contributed by atoms with Crippen LogP contribution in [0.15, 0.2) is 23.7 Å². The number of hydrogen-bond acceptors (Lipinski definition) is 3. The topological polar surface area (TPSA) is 38.9 Å². The molecular formula is C17H26N2S. The van der Waals surface area contributed by atoms with Crippen molar-refractivity contribution in [3.05, 3.63) is 29.3 Å². The number of aromatic nitrogens is 1. The van der Waals surface area contributed by atoms with Gasteiger partial charge in [-0.2, -0.15) is 0 Å². The van der Waals surface area contributed by atoms with E-state index in [4.69, 9.17) is 5.73 Å². The first kappa shape index (κ1) is 15.5. The average Bonchev–Trinajstić information content (AvgIpc) is 2.93. The predicted molar refractivity (Wildman–Crippen MR) is 89.2 cm³/mol. The second-order valence-corrected chi connectivity index (χ2v) is 6.54. The molecule has 2 heterocycles. The monoisotopic (exact) mass is 290 g/mol. The Labute approximate surface area is 126 Å². The molecule has 2 aromatic rings. The summed E-state index contributed by atoms with van der Waals surface area (Å²) in [7, 11) is 0. The minimum Gasteiger partial charge on any atom is -0.324 e. The molecule has 0 bridgehead atoms. The maximum atomic E-state index is 6.28. The van der Waals surface area contributed by atoms with Gasteiger partial charge in [-0.15, -0.1) is 11.3 Å². The van der Waals surface area contributed by atoms with Crippen molar-refractivity contribution in [2.45, 2.75) is 64.3 Å². The predicted octanol–water partition coefficient (Wildman–Crippen LogP) is 5.44. The van der Waals surface area contributed by atoms with Crippen molar-refractivity contribution in [3.63, 3.8) is 0 Å². The fraction of sp³-hybridized carbons (Fsp3) is 0.588. The van der Waals surface area contributed by atoms with E-state index in [1.165, 1.54) is 55.2 Å². The zero-order valence-electron chi connectivity index (χ0n) is 12.5. The van der Waals surface area contributed by atoms with Crippen molar-refractivity contribution in [2.24, 2.45) is 5.73 Å². The summed E-state index contributed by atoms with van der Waals surface area (Å²) < 4.78 is 1.25. The SMILES string of the molecule is CCCCCCCCCC(N)c1cnc2ccsc2c1. The van der Waals surface area contributed by atoms with Gasteiger partial charge in [-0.1, -0.05) is 51.9 Å². The smallest absolute Gasteiger partial charge is 0.0809 e. The summed E-state index contributed by atoms with van der Waals surface area (Å²) >= 11 is 1.74. The van der Waals surface area contributed by atoms with E-state index in [9.17, 15) is 0 Å². The van der Waals surface area contributed by atoms with Crippen LogP contribution in [0.5, 0.6) is 0 Å². The maximum Gasteiger partial charge on any atom is 0.0809 e. The molecule has 0 fully saturated rings. The number of hydrogen-bond donors (Lipinski definition) is 1. The van der Waals surface area contributed by atoms with Crippen molar-refractivity contribution in [2.75, 3.05) is 0 Å². The summed E-state index contributed by atoms with van der Waals surface area (Å²) in [6.45, 7) is 2.26. The molecule has 0 amide bonds. The van der Waals surface area contributed by atoms with Crippen molar-refractivity contribution < 1.29 is 0 Å². The number of fused-ring (bicyclic) bond motifs is 1. The third kappa shape index (κ3) is 4.57. The van der Waals surface area contributed by atoms with Gasteiger partial charge in [-0.25, -0.2) is 0 Å². The van der Waals surface area contributed by atoms with Crippen LogP contribution >= 0.6 is 11.3 Å². The average molecular weight is 290 g/mol. The summed E-state index contributed by atoms with van der Waals surface area (Å²) in [6.07, 6.45) is 12.4. The van der Waals surface area contributed by atoms with Gasteiger partial charge in [0.25, 0.3) is 0 Å². The number of pyridine rings is 1. The van der Waals surface area contributed by atoms with E-state index in [0.717, 1.165) is 11.9 Å². The molecule has 0 radical (unpaired) electrons. The molecule has 0 spiro atoms. The van der Waals surface area contributed by atoms with Gasteiger partial charge in [-0.3, -0.25) is 4.98 Å². The van der Waals surface area contributed by atoms with Gasteiger partial charge in [0.15, 0.2) is 0 Å². The molecule has 0 saturated heterocycles. The molecule has 0 aliphatic rings. The van der Waals surface area contributed by atoms with Crippen LogP contribution < -0.4 is 5.73 Å². The Bertz CT molecular complexity index is 506. The highest BCUT2D eigenvalue weighted by molar-refractivity contribution is 7.17. The van der Waals surface area contributed by atoms with Crippen LogP contribution in [-0.4, -0.2) is 4.98 Å². The summed E-state index contributed by atoms with van der Waals surface area (Å²) in [5.41, 5.74) is 8.55. The van der Waals surface area contributed by atoms with Crippen LogP contribution in [0.3, 0.4) is 0 Å². The highest BCUT2D eigenvalue weighted by atomic mass is 32.1. The van der Waals surface area contributed by atoms with Crippen LogP contribution in [0.4, 0.5) is 0 Å². The van der Waals surface area contributed by atoms with Gasteiger partial charge in [0.05, 0.1) is 10.2 Å². The lowest BCUT2D eigenvalue weighted by Gasteiger charge is -2.11. The minimum absolute atomic E-state index is 0.143. The van der Waals surface area contributed by atoms with Gasteiger partial charge in [0.1, 0.15) is 0 Å². The molecule has 2 rings (SSSR count). The third-order valence-electron chi connectivity index (χ3n) is 3.87. The molecule has 2 nitrogen and oxygen atoms in total. The van der Waals surface area contributed by atoms with Crippen LogP contribution in [-0.2, 0) is 0 Å². The van der Waals surface area contributed by atoms with Crippen molar-refractivity contribution in [1.82, 2.24) is 4.98 Å². The molecule has 0 saturated carbocycles. The van der Waals surface area contributed by atoms with E-state index in [1.54, 1.807) is 11.3 Å². The lowest BCUT2D eigenvalue weighted by Crippen LogP contribution is -2.10. The van der Waals surface area contributed by atoms with Gasteiger partial charge in [0.2, 0.25) is 0 Å². The standard InChI is InChI=1S/C17H26N2S/c1-2-3-4-5-6-7-8-9-15(18)14-12-17-16(19-13-14)10-11-20-17/h10-13,15H,2-9,18H2,1H3. The van der Waals surface area contributed by atoms with Gasteiger partial charge in [-0.05, 0) is 29.5 Å². The molecule has 2 aromatic heterocycles. The summed E-state index contributed by atoms with van der Waals surface area (Å²) in [4.78, 5) is 4.47. The van der Waals surface area contributed by atoms with Gasteiger partial charge >= 0.3 is 0 Å². The molecule has 2 N–H and O–H groups in total. The highest BCUT2D eigenvalue weighted by Crippen LogP contribution is 2.24. The fourth-order valence-corrected chi connectivity index (χ4v) is 3.34. The zero-order chi connectivity index (χ0) is 14.2. The first-order valence-corrected chi connectivity index (χ1v) is 8.78. The molecule has 0 aliphatic carbocycles. The first-order chi connectivity index (χ1) is 9.81. The molecule has 0 aliphatic heterocycles. The van der Waals surface area contributed by atoms with Crippen molar-refractivity contribution >= 4 is 21.6 Å². The van der Waals surface area contributed by atoms with Crippen molar-refractivity contribution in [1.29, 1.82) is 0 Å². The molecule has 20 heavy (non-hydrogen) atoms. The first-order valence-electron chi connectivity index (χ1n) is 7.90. The Kier molecular flexibility index (Phi) is 6.48. The van der Waals surface area contributed by atoms with Crippen LogP contribution in [0.1, 0.15) is 69.9 Å². The number of rotatable bonds is 9. The molecule has 1 atom stereocenters. The fourth-order valence-electron chi connectivity index (χ4n) is 2.55. The normalized spacial score (nSPS) is 12.9. The Morgan fingerprint density at radius 3 is 2.70 bits per heavy atom. The Balaban J connectivity index is 1.70. The summed E-state index contributed by atoms with van der Waals surface area (Å²) in [5, 5.41) is 2.09. The maximum absolute atomic E-state index is 6.28. The lowest BCUT2D eigenvalue weighted by molar-refractivity contribution is 0.541. The van der Waals surface area contributed by atoms with E-state index < -0.39 is 0 Å². The molecule has 0 aromatic carbocycles. The minimum atomic E-state index is 0.143. The zero-order valence-corrected chi connectivity index (χ0v) is 13.3. The summed E-state index contributed by atoms with van der Waals surface area (Å²) in [6, 6.07) is 4.41. The number of thiophene rings is 1. The van der Waals surface area contributed by atoms with Crippen LogP contribution in [0.2, 0.25) is 0 Å². The quantitative estimate of drug-likeness (QED) is 0.625. The van der Waals surface area contributed by atoms with E-state index in [0.29, 0.717) is 0 Å². The van der Waals surface area contributed by atoms with E-state index in [2.05, 4.69) is 29.4 Å². The lowest BCUT2D eigenvalue weighted by atomic mass is 10.0. The van der Waals surface area contributed by atoms with E-state index >= 15 is 0 Å². The molecule has 110 valence electrons. The Morgan fingerprint density at radius 2 is 1.90 bits per heavy atom. The van der Waals surface area contributed by atoms with E-state index in [-0.39, 0.29) is 6.04 Å². The highest BCUT2D eigenvalue weighted by Gasteiger charge is 2.07. The van der Waals surface area contributed by atoms with E-state index in [1.807, 2.05) is 6.20 Å². The molecular weight excluding hydrogens is 264 g/mol.